The van der Waals surface area contributed by atoms with Crippen molar-refractivity contribution in [1.82, 2.24) is 9.97 Å². The van der Waals surface area contributed by atoms with Crippen LogP contribution in [0, 0.1) is 0 Å². The second-order valence-corrected chi connectivity index (χ2v) is 6.34. The van der Waals surface area contributed by atoms with Gasteiger partial charge in [0, 0.05) is 12.1 Å². The van der Waals surface area contributed by atoms with E-state index in [4.69, 9.17) is 4.74 Å². The number of nitrogens with zero attached hydrogens (tertiary/aromatic N) is 2. The van der Waals surface area contributed by atoms with E-state index in [9.17, 15) is 4.79 Å². The molecule has 0 radical (unpaired) electrons. The van der Waals surface area contributed by atoms with Crippen LogP contribution in [0.1, 0.15) is 37.8 Å². The van der Waals surface area contributed by atoms with E-state index in [1.807, 2.05) is 35.2 Å². The van der Waals surface area contributed by atoms with Crippen molar-refractivity contribution in [2.45, 2.75) is 32.2 Å². The highest BCUT2D eigenvalue weighted by Gasteiger charge is 2.33. The Morgan fingerprint density at radius 3 is 2.88 bits per heavy atom. The summed E-state index contributed by atoms with van der Waals surface area (Å²) in [5.74, 6) is 1.03. The molecule has 1 saturated heterocycles. The van der Waals surface area contributed by atoms with E-state index >= 15 is 0 Å². The molecule has 5 nitrogen and oxygen atoms in total. The van der Waals surface area contributed by atoms with Gasteiger partial charge in [0.2, 0.25) is 5.91 Å². The molecule has 4 rings (SSSR count). The lowest BCUT2D eigenvalue weighted by molar-refractivity contribution is -0.117. The summed E-state index contributed by atoms with van der Waals surface area (Å²) in [5.41, 5.74) is 3.89. The van der Waals surface area contributed by atoms with Crippen LogP contribution in [0.25, 0.3) is 11.0 Å². The monoisotopic (exact) mass is 335 g/mol. The van der Waals surface area contributed by atoms with Crippen molar-refractivity contribution in [2.24, 2.45) is 0 Å². The first-order chi connectivity index (χ1) is 12.3. The van der Waals surface area contributed by atoms with Crippen molar-refractivity contribution in [3.63, 3.8) is 0 Å². The molecule has 3 aromatic rings. The minimum atomic E-state index is 0.0594. The SMILES string of the molecule is CCCOc1ccc(C2CCC(=O)N2c2ccc3[nH]cnc3c2)cc1. The number of anilines is 1. The average molecular weight is 335 g/mol. The quantitative estimate of drug-likeness (QED) is 0.759. The summed E-state index contributed by atoms with van der Waals surface area (Å²) in [5, 5.41) is 0. The van der Waals surface area contributed by atoms with Crippen molar-refractivity contribution in [2.75, 3.05) is 11.5 Å². The van der Waals surface area contributed by atoms with Gasteiger partial charge >= 0.3 is 0 Å². The van der Waals surface area contributed by atoms with Gasteiger partial charge in [-0.3, -0.25) is 4.79 Å². The molecule has 1 aliphatic heterocycles. The normalized spacial score (nSPS) is 17.4. The molecule has 1 unspecified atom stereocenters. The molecule has 0 spiro atoms. The molecule has 2 aromatic carbocycles. The number of carbonyl (C=O) groups is 1. The summed E-state index contributed by atoms with van der Waals surface area (Å²) in [6.45, 7) is 2.81. The van der Waals surface area contributed by atoms with Crippen LogP contribution in [0.15, 0.2) is 48.8 Å². The summed E-state index contributed by atoms with van der Waals surface area (Å²) in [4.78, 5) is 21.8. The largest absolute Gasteiger partial charge is 0.494 e. The number of imidazole rings is 1. The summed E-state index contributed by atoms with van der Waals surface area (Å²) < 4.78 is 5.65. The number of benzene rings is 2. The topological polar surface area (TPSA) is 58.2 Å². The molecular weight excluding hydrogens is 314 g/mol. The molecule has 0 aliphatic carbocycles. The molecule has 1 amide bonds. The number of rotatable bonds is 5. The summed E-state index contributed by atoms with van der Waals surface area (Å²) in [6.07, 6.45) is 4.05. The number of aromatic nitrogens is 2. The van der Waals surface area contributed by atoms with Crippen molar-refractivity contribution < 1.29 is 9.53 Å². The average Bonchev–Trinajstić information content (AvgIpc) is 3.26. The highest BCUT2D eigenvalue weighted by molar-refractivity contribution is 5.98. The first-order valence-corrected chi connectivity index (χ1v) is 8.74. The zero-order chi connectivity index (χ0) is 17.2. The molecule has 1 N–H and O–H groups in total. The van der Waals surface area contributed by atoms with Crippen molar-refractivity contribution in [1.29, 1.82) is 0 Å². The second kappa shape index (κ2) is 6.59. The summed E-state index contributed by atoms with van der Waals surface area (Å²) >= 11 is 0. The predicted octanol–water partition coefficient (Wildman–Crippen LogP) is 4.22. The lowest BCUT2D eigenvalue weighted by Crippen LogP contribution is -2.27. The fourth-order valence-corrected chi connectivity index (χ4v) is 3.40. The van der Waals surface area contributed by atoms with Gasteiger partial charge in [-0.25, -0.2) is 4.98 Å². The van der Waals surface area contributed by atoms with Crippen LogP contribution in [0.4, 0.5) is 5.69 Å². The second-order valence-electron chi connectivity index (χ2n) is 6.34. The Kier molecular flexibility index (Phi) is 4.14. The van der Waals surface area contributed by atoms with Gasteiger partial charge in [-0.05, 0) is 48.7 Å². The van der Waals surface area contributed by atoms with Gasteiger partial charge < -0.3 is 14.6 Å². The number of amides is 1. The van der Waals surface area contributed by atoms with E-state index in [0.29, 0.717) is 6.42 Å². The van der Waals surface area contributed by atoms with Crippen LogP contribution in [0.5, 0.6) is 5.75 Å². The van der Waals surface area contributed by atoms with E-state index in [0.717, 1.165) is 47.5 Å². The minimum absolute atomic E-state index is 0.0594. The van der Waals surface area contributed by atoms with Crippen LogP contribution >= 0.6 is 0 Å². The standard InChI is InChI=1S/C20H21N3O2/c1-2-11-25-16-6-3-14(4-7-16)19-9-10-20(24)23(19)15-5-8-17-18(12-15)22-13-21-17/h3-8,12-13,19H,2,9-11H2,1H3,(H,21,22). The molecule has 1 atom stereocenters. The third-order valence-corrected chi connectivity index (χ3v) is 4.63. The summed E-state index contributed by atoms with van der Waals surface area (Å²) in [6, 6.07) is 14.1. The van der Waals surface area contributed by atoms with Gasteiger partial charge in [-0.2, -0.15) is 0 Å². The van der Waals surface area contributed by atoms with Gasteiger partial charge in [0.05, 0.1) is 30.0 Å². The first kappa shape index (κ1) is 15.7. The Bertz CT molecular complexity index is 885. The predicted molar refractivity (Wildman–Crippen MR) is 97.8 cm³/mol. The number of carbonyl (C=O) groups excluding carboxylic acids is 1. The van der Waals surface area contributed by atoms with E-state index in [-0.39, 0.29) is 11.9 Å². The van der Waals surface area contributed by atoms with Crippen LogP contribution in [-0.4, -0.2) is 22.5 Å². The smallest absolute Gasteiger partial charge is 0.227 e. The molecule has 1 fully saturated rings. The lowest BCUT2D eigenvalue weighted by Gasteiger charge is -2.25. The minimum Gasteiger partial charge on any atom is -0.494 e. The Labute approximate surface area is 146 Å². The van der Waals surface area contributed by atoms with Gasteiger partial charge in [0.1, 0.15) is 5.75 Å². The highest BCUT2D eigenvalue weighted by atomic mass is 16.5. The number of hydrogen-bond acceptors (Lipinski definition) is 3. The molecular formula is C20H21N3O2. The van der Waals surface area contributed by atoms with E-state index in [1.54, 1.807) is 6.33 Å². The molecule has 0 saturated carbocycles. The van der Waals surface area contributed by atoms with Gasteiger partial charge in [-0.1, -0.05) is 19.1 Å². The number of H-pyrrole nitrogens is 1. The molecule has 1 aliphatic rings. The third kappa shape index (κ3) is 2.97. The van der Waals surface area contributed by atoms with Gasteiger partial charge in [-0.15, -0.1) is 0 Å². The van der Waals surface area contributed by atoms with Crippen molar-refractivity contribution in [3.8, 4) is 5.75 Å². The van der Waals surface area contributed by atoms with Crippen molar-refractivity contribution in [3.05, 3.63) is 54.4 Å². The molecule has 5 heteroatoms. The molecule has 0 bridgehead atoms. The first-order valence-electron chi connectivity index (χ1n) is 8.74. The fourth-order valence-electron chi connectivity index (χ4n) is 3.40. The molecule has 2 heterocycles. The number of hydrogen-bond donors (Lipinski definition) is 1. The molecule has 1 aromatic heterocycles. The number of fused-ring (bicyclic) bond motifs is 1. The maximum Gasteiger partial charge on any atom is 0.227 e. The summed E-state index contributed by atoms with van der Waals surface area (Å²) in [7, 11) is 0. The van der Waals surface area contributed by atoms with Gasteiger partial charge in [0.25, 0.3) is 0 Å². The Balaban J connectivity index is 1.63. The Morgan fingerprint density at radius 2 is 2.08 bits per heavy atom. The van der Waals surface area contributed by atoms with Crippen molar-refractivity contribution >= 4 is 22.6 Å². The molecule has 25 heavy (non-hydrogen) atoms. The number of nitrogens with one attached hydrogen (secondary N) is 1. The lowest BCUT2D eigenvalue weighted by atomic mass is 10.0. The number of aromatic amines is 1. The van der Waals surface area contributed by atoms with E-state index in [1.165, 1.54) is 0 Å². The van der Waals surface area contributed by atoms with E-state index < -0.39 is 0 Å². The van der Waals surface area contributed by atoms with Crippen LogP contribution in [-0.2, 0) is 4.79 Å². The van der Waals surface area contributed by atoms with Crippen LogP contribution in [0.2, 0.25) is 0 Å². The Hall–Kier alpha value is -2.82. The fraction of sp³-hybridized carbons (Fsp3) is 0.300. The number of ether oxygens (including phenoxy) is 1. The maximum atomic E-state index is 12.5. The van der Waals surface area contributed by atoms with Gasteiger partial charge in [0.15, 0.2) is 0 Å². The third-order valence-electron chi connectivity index (χ3n) is 4.63. The van der Waals surface area contributed by atoms with E-state index in [2.05, 4.69) is 29.0 Å². The Morgan fingerprint density at radius 1 is 1.24 bits per heavy atom. The highest BCUT2D eigenvalue weighted by Crippen LogP contribution is 2.38. The molecule has 128 valence electrons. The van der Waals surface area contributed by atoms with Crippen LogP contribution in [0.3, 0.4) is 0 Å². The van der Waals surface area contributed by atoms with Crippen LogP contribution < -0.4 is 9.64 Å². The zero-order valence-electron chi connectivity index (χ0n) is 14.2. The maximum absolute atomic E-state index is 12.5. The zero-order valence-corrected chi connectivity index (χ0v) is 14.2.